The first-order chi connectivity index (χ1) is 14.7. The zero-order valence-corrected chi connectivity index (χ0v) is 17.9. The lowest BCUT2D eigenvalue weighted by atomic mass is 9.96. The summed E-state index contributed by atoms with van der Waals surface area (Å²) in [6, 6.07) is 17.2. The number of piperidine rings is 1. The van der Waals surface area contributed by atoms with Crippen LogP contribution in [0.15, 0.2) is 67.0 Å². The summed E-state index contributed by atoms with van der Waals surface area (Å²) in [6.45, 7) is 1.45. The van der Waals surface area contributed by atoms with E-state index in [-0.39, 0.29) is 5.91 Å². The Bertz CT molecular complexity index is 1150. The summed E-state index contributed by atoms with van der Waals surface area (Å²) in [5, 5.41) is 6.21. The van der Waals surface area contributed by atoms with Crippen LogP contribution in [0.2, 0.25) is 5.02 Å². The Labute approximate surface area is 183 Å². The molecule has 1 aliphatic heterocycles. The number of carbonyl (C=O) groups excluding carboxylic acids is 1. The molecule has 0 saturated carbocycles. The molecule has 1 fully saturated rings. The molecule has 5 nitrogen and oxygen atoms in total. The van der Waals surface area contributed by atoms with Crippen molar-refractivity contribution < 1.29 is 4.79 Å². The van der Waals surface area contributed by atoms with Crippen molar-refractivity contribution in [1.82, 2.24) is 19.7 Å². The van der Waals surface area contributed by atoms with Crippen LogP contribution in [0.5, 0.6) is 0 Å². The number of hydrogen-bond donors (Lipinski definition) is 0. The molecule has 0 aliphatic carbocycles. The second-order valence-corrected chi connectivity index (χ2v) is 9.06. The monoisotopic (exact) mass is 436 g/mol. The fraction of sp³-hybridized carbons (Fsp3) is 0.261. The molecule has 1 unspecified atom stereocenters. The molecule has 1 atom stereocenters. The zero-order valence-electron chi connectivity index (χ0n) is 16.3. The Hall–Kier alpha value is -2.70. The van der Waals surface area contributed by atoms with Crippen molar-refractivity contribution in [3.63, 3.8) is 0 Å². The second kappa shape index (κ2) is 8.20. The lowest BCUT2D eigenvalue weighted by Crippen LogP contribution is -2.42. The van der Waals surface area contributed by atoms with Crippen LogP contribution in [-0.4, -0.2) is 38.7 Å². The first kappa shape index (κ1) is 19.3. The molecule has 7 heteroatoms. The Morgan fingerprint density at radius 1 is 1.10 bits per heavy atom. The van der Waals surface area contributed by atoms with Crippen LogP contribution in [0.4, 0.5) is 0 Å². The van der Waals surface area contributed by atoms with E-state index in [0.717, 1.165) is 46.7 Å². The van der Waals surface area contributed by atoms with E-state index in [1.54, 1.807) is 22.2 Å². The molecule has 0 radical (unpaired) electrons. The number of thiazole rings is 1. The molecule has 2 aromatic carbocycles. The molecule has 152 valence electrons. The van der Waals surface area contributed by atoms with Crippen molar-refractivity contribution in [3.05, 3.63) is 82.6 Å². The molecule has 1 amide bonds. The van der Waals surface area contributed by atoms with Gasteiger partial charge in [0.25, 0.3) is 5.91 Å². The van der Waals surface area contributed by atoms with Gasteiger partial charge in [-0.3, -0.25) is 9.48 Å². The normalized spacial score (nSPS) is 16.1. The number of halogens is 1. The predicted molar refractivity (Wildman–Crippen MR) is 120 cm³/mol. The van der Waals surface area contributed by atoms with Crippen molar-refractivity contribution >= 4 is 39.1 Å². The molecular weight excluding hydrogens is 416 g/mol. The smallest absolute Gasteiger partial charge is 0.252 e. The average molecular weight is 437 g/mol. The van der Waals surface area contributed by atoms with Crippen LogP contribution in [0.25, 0.3) is 10.2 Å². The predicted octanol–water partition coefficient (Wildman–Crippen LogP) is 5.14. The average Bonchev–Trinajstić information content (AvgIpc) is 3.44. The van der Waals surface area contributed by atoms with E-state index in [4.69, 9.17) is 16.6 Å². The number of carbonyl (C=O) groups is 1. The lowest BCUT2D eigenvalue weighted by Gasteiger charge is -2.33. The quantitative estimate of drug-likeness (QED) is 0.445. The highest BCUT2D eigenvalue weighted by Gasteiger charge is 2.32. The number of nitrogens with zero attached hydrogens (tertiary/aromatic N) is 4. The number of benzene rings is 2. The highest BCUT2D eigenvalue weighted by atomic mass is 35.5. The number of fused-ring (bicyclic) bond motifs is 1. The van der Waals surface area contributed by atoms with Crippen molar-refractivity contribution in [1.29, 1.82) is 0 Å². The SMILES string of the molecule is O=C(C(c1ccccc1)n1cccn1)N1CCC(c2nc3cc(Cl)ccc3s2)CC1. The van der Waals surface area contributed by atoms with E-state index < -0.39 is 6.04 Å². The standard InChI is InChI=1S/C23H21ClN4OS/c24-18-7-8-20-19(15-18)26-22(30-20)17-9-13-27(14-10-17)23(29)21(28-12-4-11-25-28)16-5-2-1-3-6-16/h1-8,11-12,15,17,21H,9-10,13-14H2. The Balaban J connectivity index is 1.33. The minimum absolute atomic E-state index is 0.0967. The van der Waals surface area contributed by atoms with Gasteiger partial charge in [-0.05, 0) is 42.7 Å². The maximum Gasteiger partial charge on any atom is 0.252 e. The summed E-state index contributed by atoms with van der Waals surface area (Å²) >= 11 is 7.84. The van der Waals surface area contributed by atoms with Crippen LogP contribution in [0.3, 0.4) is 0 Å². The summed E-state index contributed by atoms with van der Waals surface area (Å²) in [4.78, 5) is 20.2. The molecule has 4 aromatic rings. The van der Waals surface area contributed by atoms with E-state index in [1.165, 1.54) is 0 Å². The van der Waals surface area contributed by atoms with Gasteiger partial charge in [0.05, 0.1) is 15.2 Å². The van der Waals surface area contributed by atoms with Gasteiger partial charge in [0, 0.05) is 36.4 Å². The van der Waals surface area contributed by atoms with E-state index in [9.17, 15) is 4.79 Å². The van der Waals surface area contributed by atoms with Crippen LogP contribution < -0.4 is 0 Å². The van der Waals surface area contributed by atoms with Crippen molar-refractivity contribution in [2.24, 2.45) is 0 Å². The molecule has 3 heterocycles. The van der Waals surface area contributed by atoms with Crippen LogP contribution in [0, 0.1) is 0 Å². The minimum atomic E-state index is -0.428. The minimum Gasteiger partial charge on any atom is -0.340 e. The highest BCUT2D eigenvalue weighted by Crippen LogP contribution is 2.35. The number of rotatable bonds is 4. The third-order valence-electron chi connectivity index (χ3n) is 5.66. The van der Waals surface area contributed by atoms with Gasteiger partial charge in [0.1, 0.15) is 0 Å². The molecule has 1 aliphatic rings. The summed E-state index contributed by atoms with van der Waals surface area (Å²) in [7, 11) is 0. The zero-order chi connectivity index (χ0) is 20.5. The summed E-state index contributed by atoms with van der Waals surface area (Å²) in [5.74, 6) is 0.476. The topological polar surface area (TPSA) is 51.0 Å². The maximum absolute atomic E-state index is 13.5. The van der Waals surface area contributed by atoms with Gasteiger partial charge in [-0.15, -0.1) is 11.3 Å². The number of likely N-dealkylation sites (tertiary alicyclic amines) is 1. The third kappa shape index (κ3) is 3.73. The first-order valence-electron chi connectivity index (χ1n) is 10.1. The van der Waals surface area contributed by atoms with Gasteiger partial charge < -0.3 is 4.90 Å². The van der Waals surface area contributed by atoms with Gasteiger partial charge in [-0.1, -0.05) is 41.9 Å². The second-order valence-electron chi connectivity index (χ2n) is 7.56. The van der Waals surface area contributed by atoms with Gasteiger partial charge in [0.2, 0.25) is 0 Å². The van der Waals surface area contributed by atoms with E-state index >= 15 is 0 Å². The third-order valence-corrected chi connectivity index (χ3v) is 7.09. The van der Waals surface area contributed by atoms with Crippen molar-refractivity contribution in [3.8, 4) is 0 Å². The Morgan fingerprint density at radius 2 is 1.90 bits per heavy atom. The lowest BCUT2D eigenvalue weighted by molar-refractivity contribution is -0.134. The molecule has 0 spiro atoms. The summed E-state index contributed by atoms with van der Waals surface area (Å²) in [6.07, 6.45) is 5.41. The number of amides is 1. The largest absolute Gasteiger partial charge is 0.340 e. The summed E-state index contributed by atoms with van der Waals surface area (Å²) < 4.78 is 2.91. The number of aromatic nitrogens is 3. The molecular formula is C23H21ClN4OS. The Morgan fingerprint density at radius 3 is 2.63 bits per heavy atom. The molecule has 5 rings (SSSR count). The van der Waals surface area contributed by atoms with Gasteiger partial charge in [0.15, 0.2) is 6.04 Å². The first-order valence-corrected chi connectivity index (χ1v) is 11.3. The van der Waals surface area contributed by atoms with Crippen molar-refractivity contribution in [2.45, 2.75) is 24.8 Å². The van der Waals surface area contributed by atoms with Crippen LogP contribution in [0.1, 0.15) is 35.4 Å². The maximum atomic E-state index is 13.5. The van der Waals surface area contributed by atoms with Crippen LogP contribution >= 0.6 is 22.9 Å². The van der Waals surface area contributed by atoms with E-state index in [1.807, 2.05) is 65.7 Å². The van der Waals surface area contributed by atoms with Gasteiger partial charge >= 0.3 is 0 Å². The van der Waals surface area contributed by atoms with Gasteiger partial charge in [-0.2, -0.15) is 5.10 Å². The fourth-order valence-corrected chi connectivity index (χ4v) is 5.37. The van der Waals surface area contributed by atoms with E-state index in [0.29, 0.717) is 10.9 Å². The number of hydrogen-bond acceptors (Lipinski definition) is 4. The summed E-state index contributed by atoms with van der Waals surface area (Å²) in [5.41, 5.74) is 1.92. The van der Waals surface area contributed by atoms with E-state index in [2.05, 4.69) is 5.10 Å². The molecule has 2 aromatic heterocycles. The van der Waals surface area contributed by atoms with Crippen LogP contribution in [-0.2, 0) is 4.79 Å². The highest BCUT2D eigenvalue weighted by molar-refractivity contribution is 7.18. The van der Waals surface area contributed by atoms with Gasteiger partial charge in [-0.25, -0.2) is 4.98 Å². The molecule has 1 saturated heterocycles. The molecule has 0 bridgehead atoms. The molecule has 30 heavy (non-hydrogen) atoms. The van der Waals surface area contributed by atoms with Crippen molar-refractivity contribution in [2.75, 3.05) is 13.1 Å². The molecule has 0 N–H and O–H groups in total. The fourth-order valence-electron chi connectivity index (χ4n) is 4.09. The Kier molecular flexibility index (Phi) is 5.27.